The number of benzene rings is 2. The number of urea groups is 1. The first-order valence-electron chi connectivity index (χ1n) is 7.87. The molecule has 3 aromatic rings. The van der Waals surface area contributed by atoms with Gasteiger partial charge in [0, 0.05) is 11.6 Å². The van der Waals surface area contributed by atoms with Gasteiger partial charge in [-0.05, 0) is 30.2 Å². The molecular weight excluding hydrogens is 302 g/mol. The SMILES string of the molecule is CCc1ccccc1OCNC(=O)Nc1cccc2cccnc12. The minimum Gasteiger partial charge on any atom is -0.473 e. The van der Waals surface area contributed by atoms with Crippen LogP contribution in [0.15, 0.2) is 60.8 Å². The Morgan fingerprint density at radius 3 is 2.79 bits per heavy atom. The van der Waals surface area contributed by atoms with Crippen LogP contribution in [0.2, 0.25) is 0 Å². The van der Waals surface area contributed by atoms with Gasteiger partial charge in [-0.1, -0.05) is 43.3 Å². The molecule has 0 atom stereocenters. The predicted octanol–water partition coefficient (Wildman–Crippen LogP) is 3.96. The van der Waals surface area contributed by atoms with Crippen LogP contribution in [-0.2, 0) is 6.42 Å². The average Bonchev–Trinajstić information content (AvgIpc) is 2.62. The Kier molecular flexibility index (Phi) is 4.91. The highest BCUT2D eigenvalue weighted by Gasteiger charge is 2.06. The van der Waals surface area contributed by atoms with Gasteiger partial charge in [0.15, 0.2) is 6.73 Å². The van der Waals surface area contributed by atoms with Crippen molar-refractivity contribution in [2.45, 2.75) is 13.3 Å². The number of ether oxygens (including phenoxy) is 1. The first kappa shape index (κ1) is 15.8. The number of aromatic nitrogens is 1. The molecule has 0 spiro atoms. The molecule has 0 aliphatic rings. The zero-order valence-corrected chi connectivity index (χ0v) is 13.5. The Morgan fingerprint density at radius 1 is 1.08 bits per heavy atom. The normalized spacial score (nSPS) is 10.4. The van der Waals surface area contributed by atoms with Gasteiger partial charge in [-0.2, -0.15) is 0 Å². The standard InChI is InChI=1S/C19H19N3O2/c1-2-14-7-3-4-11-17(14)24-13-21-19(23)22-16-10-5-8-15-9-6-12-20-18(15)16/h3-12H,2,13H2,1H3,(H2,21,22,23). The molecule has 2 aromatic carbocycles. The summed E-state index contributed by atoms with van der Waals surface area (Å²) in [6, 6.07) is 16.9. The van der Waals surface area contributed by atoms with E-state index in [4.69, 9.17) is 4.74 Å². The number of rotatable bonds is 5. The van der Waals surface area contributed by atoms with Crippen LogP contribution in [0.3, 0.4) is 0 Å². The molecule has 0 aliphatic carbocycles. The van der Waals surface area contributed by atoms with Crippen molar-refractivity contribution in [3.63, 3.8) is 0 Å². The third-order valence-corrected chi connectivity index (χ3v) is 3.69. The zero-order chi connectivity index (χ0) is 16.8. The molecule has 5 nitrogen and oxygen atoms in total. The molecule has 24 heavy (non-hydrogen) atoms. The molecule has 0 fully saturated rings. The third-order valence-electron chi connectivity index (χ3n) is 3.69. The average molecular weight is 321 g/mol. The fourth-order valence-electron chi connectivity index (χ4n) is 2.49. The van der Waals surface area contributed by atoms with Crippen molar-refractivity contribution in [1.82, 2.24) is 10.3 Å². The molecule has 2 amide bonds. The largest absolute Gasteiger partial charge is 0.473 e. The molecule has 1 heterocycles. The van der Waals surface area contributed by atoms with Gasteiger partial charge < -0.3 is 15.4 Å². The maximum atomic E-state index is 12.1. The van der Waals surface area contributed by atoms with Crippen molar-refractivity contribution in [2.24, 2.45) is 0 Å². The number of amides is 2. The summed E-state index contributed by atoms with van der Waals surface area (Å²) in [4.78, 5) is 16.4. The fraction of sp³-hybridized carbons (Fsp3) is 0.158. The van der Waals surface area contributed by atoms with Gasteiger partial charge in [-0.3, -0.25) is 4.98 Å². The van der Waals surface area contributed by atoms with Gasteiger partial charge in [-0.15, -0.1) is 0 Å². The highest BCUT2D eigenvalue weighted by Crippen LogP contribution is 2.20. The summed E-state index contributed by atoms with van der Waals surface area (Å²) in [6.07, 6.45) is 2.58. The van der Waals surface area contributed by atoms with Crippen LogP contribution in [0.4, 0.5) is 10.5 Å². The minimum atomic E-state index is -0.331. The van der Waals surface area contributed by atoms with Crippen molar-refractivity contribution in [3.05, 3.63) is 66.4 Å². The van der Waals surface area contributed by atoms with Crippen LogP contribution in [0.5, 0.6) is 5.75 Å². The fourth-order valence-corrected chi connectivity index (χ4v) is 2.49. The second-order valence-electron chi connectivity index (χ2n) is 5.26. The lowest BCUT2D eigenvalue weighted by molar-refractivity contribution is 0.234. The predicted molar refractivity (Wildman–Crippen MR) is 95.2 cm³/mol. The molecular formula is C19H19N3O2. The Hall–Kier alpha value is -3.08. The number of para-hydroxylation sites is 2. The van der Waals surface area contributed by atoms with Crippen LogP contribution < -0.4 is 15.4 Å². The molecule has 0 aliphatic heterocycles. The van der Waals surface area contributed by atoms with E-state index in [-0.39, 0.29) is 12.8 Å². The molecule has 122 valence electrons. The molecule has 0 bridgehead atoms. The van der Waals surface area contributed by atoms with Crippen molar-refractivity contribution in [3.8, 4) is 5.75 Å². The van der Waals surface area contributed by atoms with Crippen LogP contribution in [0.1, 0.15) is 12.5 Å². The van der Waals surface area contributed by atoms with E-state index < -0.39 is 0 Å². The van der Waals surface area contributed by atoms with Gasteiger partial charge in [0.2, 0.25) is 0 Å². The van der Waals surface area contributed by atoms with Crippen LogP contribution in [0, 0.1) is 0 Å². The topological polar surface area (TPSA) is 63.2 Å². The van der Waals surface area contributed by atoms with E-state index in [1.54, 1.807) is 6.20 Å². The lowest BCUT2D eigenvalue weighted by Gasteiger charge is -2.12. The molecule has 0 saturated heterocycles. The number of carbonyl (C=O) groups excluding carboxylic acids is 1. The molecule has 0 saturated carbocycles. The Balaban J connectivity index is 1.59. The smallest absolute Gasteiger partial charge is 0.321 e. The van der Waals surface area contributed by atoms with Crippen molar-refractivity contribution in [2.75, 3.05) is 12.0 Å². The number of hydrogen-bond acceptors (Lipinski definition) is 3. The van der Waals surface area contributed by atoms with Crippen molar-refractivity contribution < 1.29 is 9.53 Å². The van der Waals surface area contributed by atoms with Crippen LogP contribution in [0.25, 0.3) is 10.9 Å². The summed E-state index contributed by atoms with van der Waals surface area (Å²) in [6.45, 7) is 2.16. The summed E-state index contributed by atoms with van der Waals surface area (Å²) in [5, 5.41) is 6.48. The summed E-state index contributed by atoms with van der Waals surface area (Å²) >= 11 is 0. The number of fused-ring (bicyclic) bond motifs is 1. The summed E-state index contributed by atoms with van der Waals surface area (Å²) in [7, 11) is 0. The van der Waals surface area contributed by atoms with E-state index in [1.165, 1.54) is 0 Å². The van der Waals surface area contributed by atoms with Gasteiger partial charge in [0.1, 0.15) is 5.75 Å². The van der Waals surface area contributed by atoms with Gasteiger partial charge in [0.25, 0.3) is 0 Å². The Labute approximate surface area is 140 Å². The highest BCUT2D eigenvalue weighted by atomic mass is 16.5. The molecule has 5 heteroatoms. The van der Waals surface area contributed by atoms with E-state index in [2.05, 4.69) is 22.5 Å². The van der Waals surface area contributed by atoms with Crippen LogP contribution in [-0.4, -0.2) is 17.7 Å². The number of anilines is 1. The van der Waals surface area contributed by atoms with Gasteiger partial charge in [0.05, 0.1) is 11.2 Å². The molecule has 0 unspecified atom stereocenters. The first-order chi connectivity index (χ1) is 11.8. The Bertz CT molecular complexity index is 843. The highest BCUT2D eigenvalue weighted by molar-refractivity contribution is 5.99. The zero-order valence-electron chi connectivity index (χ0n) is 13.5. The summed E-state index contributed by atoms with van der Waals surface area (Å²) in [5.41, 5.74) is 2.53. The maximum absolute atomic E-state index is 12.1. The number of carbonyl (C=O) groups is 1. The molecule has 0 radical (unpaired) electrons. The number of pyridine rings is 1. The number of hydrogen-bond donors (Lipinski definition) is 2. The third kappa shape index (κ3) is 3.63. The van der Waals surface area contributed by atoms with E-state index in [0.717, 1.165) is 28.6 Å². The molecule has 1 aromatic heterocycles. The van der Waals surface area contributed by atoms with Gasteiger partial charge in [-0.25, -0.2) is 4.79 Å². The van der Waals surface area contributed by atoms with Crippen molar-refractivity contribution in [1.29, 1.82) is 0 Å². The van der Waals surface area contributed by atoms with Crippen molar-refractivity contribution >= 4 is 22.6 Å². The van der Waals surface area contributed by atoms with Crippen LogP contribution >= 0.6 is 0 Å². The Morgan fingerprint density at radius 2 is 1.92 bits per heavy atom. The number of nitrogens with one attached hydrogen (secondary N) is 2. The van der Waals surface area contributed by atoms with Gasteiger partial charge >= 0.3 is 6.03 Å². The second kappa shape index (κ2) is 7.46. The first-order valence-corrected chi connectivity index (χ1v) is 7.87. The molecule has 3 rings (SSSR count). The summed E-state index contributed by atoms with van der Waals surface area (Å²) in [5.74, 6) is 0.784. The van der Waals surface area contributed by atoms with E-state index in [1.807, 2.05) is 54.6 Å². The monoisotopic (exact) mass is 321 g/mol. The summed E-state index contributed by atoms with van der Waals surface area (Å²) < 4.78 is 5.64. The molecule has 2 N–H and O–H groups in total. The van der Waals surface area contributed by atoms with E-state index >= 15 is 0 Å². The second-order valence-corrected chi connectivity index (χ2v) is 5.26. The lowest BCUT2D eigenvalue weighted by atomic mass is 10.1. The maximum Gasteiger partial charge on any atom is 0.321 e. The number of nitrogens with zero attached hydrogens (tertiary/aromatic N) is 1. The van der Waals surface area contributed by atoms with E-state index in [9.17, 15) is 4.79 Å². The van der Waals surface area contributed by atoms with E-state index in [0.29, 0.717) is 5.69 Å². The quantitative estimate of drug-likeness (QED) is 0.699. The lowest BCUT2D eigenvalue weighted by Crippen LogP contribution is -2.32. The minimum absolute atomic E-state index is 0.0983. The number of aryl methyl sites for hydroxylation is 1.